The van der Waals surface area contributed by atoms with Gasteiger partial charge in [0.1, 0.15) is 52.6 Å². The number of hydrogen-bond acceptors (Lipinski definition) is 16. The molecule has 3 aromatic heterocycles. The van der Waals surface area contributed by atoms with Crippen LogP contribution in [0.5, 0.6) is 17.2 Å². The van der Waals surface area contributed by atoms with E-state index in [0.29, 0.717) is 49.1 Å². The molecule has 3 saturated carbocycles. The number of esters is 3. The number of carbonyl (C=O) groups excluding carboxylic acids is 3. The van der Waals surface area contributed by atoms with Gasteiger partial charge in [0.15, 0.2) is 33.6 Å². The summed E-state index contributed by atoms with van der Waals surface area (Å²) in [5.41, 5.74) is -0.801. The quantitative estimate of drug-likeness (QED) is 0.0782. The second-order valence-electron chi connectivity index (χ2n) is 24.1. The molecule has 8 heterocycles. The Bertz CT molecular complexity index is 4310. The smallest absolute Gasteiger partial charge is 0.312 e. The summed E-state index contributed by atoms with van der Waals surface area (Å²) in [4.78, 5) is 52.6. The normalized spacial score (nSPS) is 31.4. The minimum atomic E-state index is -2.04. The fraction of sp³-hybridized carbons (Fsp3) is 0.250. The predicted octanol–water partition coefficient (Wildman–Crippen LogP) is 13.9. The molecular weight excluding hydrogens is 1460 g/mol. The number of epoxide rings is 2. The lowest BCUT2D eigenvalue weighted by molar-refractivity contribution is -0.162. The number of hydrogen-bond donors (Lipinski definition) is 2. The van der Waals surface area contributed by atoms with Crippen LogP contribution in [0.1, 0.15) is 68.2 Å². The topological polar surface area (TPSA) is 211 Å². The number of rotatable bonds is 9. The third-order valence-corrected chi connectivity index (χ3v) is 22.1. The Morgan fingerprint density at radius 2 is 0.723 bits per heavy atom. The van der Waals surface area contributed by atoms with Crippen LogP contribution < -0.4 is 14.2 Å². The number of aliphatic hydroxyl groups is 2. The molecule has 5 aliphatic heterocycles. The highest BCUT2D eigenvalue weighted by Gasteiger charge is 2.90. The predicted molar refractivity (Wildman–Crippen MR) is 354 cm³/mol. The molecule has 2 N–H and O–H groups in total. The number of ether oxygens (including phenoxy) is 8. The van der Waals surface area contributed by atoms with Crippen LogP contribution in [0.25, 0.3) is 0 Å². The first-order valence-corrected chi connectivity index (χ1v) is 33.4. The Labute approximate surface area is 579 Å². The Morgan fingerprint density at radius 3 is 1.07 bits per heavy atom. The fourth-order valence-corrected chi connectivity index (χ4v) is 17.6. The van der Waals surface area contributed by atoms with Gasteiger partial charge in [-0.3, -0.25) is 29.3 Å². The molecule has 3 aliphatic carbocycles. The Morgan fingerprint density at radius 1 is 0.426 bits per heavy atom. The van der Waals surface area contributed by atoms with Gasteiger partial charge in [0.2, 0.25) is 0 Å². The zero-order valence-electron chi connectivity index (χ0n) is 49.7. The van der Waals surface area contributed by atoms with E-state index in [1.165, 1.54) is 27.5 Å². The van der Waals surface area contributed by atoms with Crippen LogP contribution in [0.15, 0.2) is 214 Å². The van der Waals surface area contributed by atoms with Gasteiger partial charge in [0.25, 0.3) is 0 Å². The number of methoxy groups -OCH3 is 3. The van der Waals surface area contributed by atoms with Gasteiger partial charge in [-0.1, -0.05) is 210 Å². The average molecular weight is 1510 g/mol. The van der Waals surface area contributed by atoms with Gasteiger partial charge >= 0.3 is 17.9 Å². The Kier molecular flexibility index (Phi) is 15.5. The van der Waals surface area contributed by atoms with Crippen molar-refractivity contribution < 1.29 is 62.5 Å². The lowest BCUT2D eigenvalue weighted by Crippen LogP contribution is -2.52. The van der Waals surface area contributed by atoms with Gasteiger partial charge in [0, 0.05) is 68.0 Å². The van der Waals surface area contributed by atoms with Crippen molar-refractivity contribution in [2.45, 2.75) is 69.7 Å². The average Bonchev–Trinajstić information content (AvgIpc) is 1.46. The molecule has 0 bridgehead atoms. The highest BCUT2D eigenvalue weighted by molar-refractivity contribution is 9.11. The van der Waals surface area contributed by atoms with E-state index in [4.69, 9.17) is 72.7 Å². The van der Waals surface area contributed by atoms with Crippen molar-refractivity contribution in [3.05, 3.63) is 280 Å². The van der Waals surface area contributed by atoms with Gasteiger partial charge in [-0.25, -0.2) is 0 Å². The van der Waals surface area contributed by atoms with Crippen molar-refractivity contribution in [2.24, 2.45) is 17.8 Å². The minimum absolute atomic E-state index is 0.129. The summed E-state index contributed by atoms with van der Waals surface area (Å²) in [5, 5.41) is 25.1. The number of fused-ring (bicyclic) bond motifs is 5. The summed E-state index contributed by atoms with van der Waals surface area (Å²) in [6, 6.07) is 57.3. The second-order valence-corrected chi connectivity index (χ2v) is 28.2. The highest BCUT2D eigenvalue weighted by atomic mass is 79.9. The van der Waals surface area contributed by atoms with Crippen molar-refractivity contribution in [2.75, 3.05) is 21.3 Å². The van der Waals surface area contributed by atoms with Crippen molar-refractivity contribution >= 4 is 101 Å². The van der Waals surface area contributed by atoms with Crippen LogP contribution in [0.3, 0.4) is 0 Å². The molecule has 5 fully saturated rings. The lowest BCUT2D eigenvalue weighted by atomic mass is 9.71. The molecule has 22 heteroatoms. The molecular formula is C72H53Br3Cl3N3O13. The molecule has 2 saturated heterocycles. The summed E-state index contributed by atoms with van der Waals surface area (Å²) in [7, 11) is 4.08. The maximum Gasteiger partial charge on any atom is 0.312 e. The van der Waals surface area contributed by atoms with Crippen LogP contribution >= 0.6 is 82.6 Å². The molecule has 15 atom stereocenters. The second kappa shape index (κ2) is 23.2. The number of aromatic nitrogens is 3. The summed E-state index contributed by atoms with van der Waals surface area (Å²) in [6.07, 6.45) is 2.19. The molecule has 9 aromatic rings. The molecule has 0 radical (unpaired) electrons. The number of aliphatic hydroxyl groups excluding tert-OH is 1. The van der Waals surface area contributed by atoms with E-state index < -0.39 is 81.6 Å². The van der Waals surface area contributed by atoms with Crippen molar-refractivity contribution in [1.82, 2.24) is 15.0 Å². The van der Waals surface area contributed by atoms with Crippen molar-refractivity contribution in [3.63, 3.8) is 0 Å². The number of nitrogens with zero attached hydrogens (tertiary/aromatic N) is 3. The van der Waals surface area contributed by atoms with Crippen molar-refractivity contribution in [3.8, 4) is 17.2 Å². The molecule has 17 rings (SSSR count). The lowest BCUT2D eigenvalue weighted by Gasteiger charge is -2.40. The summed E-state index contributed by atoms with van der Waals surface area (Å²) < 4.78 is 51.0. The molecule has 6 aromatic carbocycles. The van der Waals surface area contributed by atoms with Gasteiger partial charge in [-0.15, -0.1) is 0 Å². The molecule has 16 nitrogen and oxygen atoms in total. The summed E-state index contributed by atoms with van der Waals surface area (Å²) in [6.45, 7) is 0. The number of pyridine rings is 3. The summed E-state index contributed by atoms with van der Waals surface area (Å²) >= 11 is 29.1. The van der Waals surface area contributed by atoms with Gasteiger partial charge in [0.05, 0.1) is 54.2 Å². The number of carbonyl (C=O) groups is 3. The SMILES string of the molecule is COC(=O)[C@@H]1[C@@H](c2ccccc2)[C@]2(c3ccc(Br)cc3)Oc3cc(Cl)cnc3[C@@]23O[C@@H]13.COC(=O)[C@@H]1[C@@H](c2ccccc2)[C@]2(c3ccc(Br)cc3)Oc3cc(Cl)cnc3[C@@]23O[C@@H]13.COC(=O)[C@H]1[C@@H](O)[C@@]2(O)c3ncc(Cl)cc3O[C@@]2(c2ccc(Br)cc2)[C@@H]1c1ccccc1. The monoisotopic (exact) mass is 1510 g/mol. The van der Waals surface area contributed by atoms with Crippen LogP contribution in [0.4, 0.5) is 0 Å². The standard InChI is InChI=1S/C24H19BrClNO5.2C24H17BrClNO4/c1-31-22(29)18-19(13-5-3-2-4-6-13)24(14-7-9-15(25)10-8-14)23(30,21(18)28)20-17(32-24)11-16(26)12-27-20;2*1-29-22(28)18-19(13-5-3-2-4-6-13)23(14-7-9-15(25)10-8-14)24(21(18)31-24)20-17(30-23)11-16(26)12-27-20/h2-12,18-19,21,28,30H,1H3;2*2-12,18-19,21H,1H3/t18-,19-,21-,23+,24+;2*18-,19-,21+,23+,24+/m111/s1. The third kappa shape index (κ3) is 8.81. The van der Waals surface area contributed by atoms with Gasteiger partial charge in [-0.2, -0.15) is 0 Å². The Hall–Kier alpha value is -7.27. The molecule has 0 amide bonds. The van der Waals surface area contributed by atoms with E-state index in [-0.39, 0.29) is 35.2 Å². The van der Waals surface area contributed by atoms with Crippen LogP contribution in [-0.4, -0.2) is 82.7 Å². The zero-order chi connectivity index (χ0) is 65.4. The zero-order valence-corrected chi connectivity index (χ0v) is 56.8. The van der Waals surface area contributed by atoms with E-state index in [2.05, 4.69) is 62.7 Å². The van der Waals surface area contributed by atoms with Crippen molar-refractivity contribution in [1.29, 1.82) is 0 Å². The third-order valence-electron chi connectivity index (χ3n) is 19.8. The van der Waals surface area contributed by atoms with E-state index in [0.717, 1.165) is 35.7 Å². The maximum absolute atomic E-state index is 13.0. The van der Waals surface area contributed by atoms with Crippen LogP contribution in [-0.2, 0) is 71.7 Å². The van der Waals surface area contributed by atoms with Gasteiger partial charge < -0.3 is 48.1 Å². The molecule has 476 valence electrons. The fourth-order valence-electron chi connectivity index (χ4n) is 16.3. The van der Waals surface area contributed by atoms with E-state index in [1.807, 2.05) is 152 Å². The van der Waals surface area contributed by atoms with E-state index in [1.54, 1.807) is 42.7 Å². The first-order chi connectivity index (χ1) is 45.4. The Balaban J connectivity index is 0.000000116. The number of halogens is 6. The number of benzene rings is 6. The van der Waals surface area contributed by atoms with Crippen LogP contribution in [0, 0.1) is 17.8 Å². The minimum Gasteiger partial charge on any atom is -0.476 e. The molecule has 2 spiro atoms. The summed E-state index contributed by atoms with van der Waals surface area (Å²) in [5.74, 6) is -3.51. The molecule has 94 heavy (non-hydrogen) atoms. The maximum atomic E-state index is 13.0. The highest BCUT2D eigenvalue weighted by Crippen LogP contribution is 2.80. The van der Waals surface area contributed by atoms with E-state index >= 15 is 0 Å². The molecule has 0 unspecified atom stereocenters. The molecule has 8 aliphatic rings. The van der Waals surface area contributed by atoms with E-state index in [9.17, 15) is 24.6 Å². The first kappa shape index (κ1) is 62.8. The first-order valence-electron chi connectivity index (χ1n) is 29.9. The largest absolute Gasteiger partial charge is 0.476 e. The van der Waals surface area contributed by atoms with Gasteiger partial charge in [-0.05, 0) is 69.8 Å². The van der Waals surface area contributed by atoms with Crippen LogP contribution in [0.2, 0.25) is 15.1 Å².